The number of halogens is 3. The third-order valence-corrected chi connectivity index (χ3v) is 4.29. The first-order chi connectivity index (χ1) is 9.15. The Bertz CT molecular complexity index is 630. The van der Waals surface area contributed by atoms with Gasteiger partial charge in [-0.2, -0.15) is 0 Å². The van der Waals surface area contributed by atoms with Crippen molar-refractivity contribution in [3.63, 3.8) is 0 Å². The second-order valence-electron chi connectivity index (χ2n) is 4.53. The Morgan fingerprint density at radius 1 is 1.26 bits per heavy atom. The van der Waals surface area contributed by atoms with E-state index in [-0.39, 0.29) is 11.9 Å². The van der Waals surface area contributed by atoms with Gasteiger partial charge in [0.2, 0.25) is 0 Å². The van der Waals surface area contributed by atoms with Crippen molar-refractivity contribution in [3.8, 4) is 5.75 Å². The second kappa shape index (κ2) is 5.14. The Balaban J connectivity index is 1.93. The van der Waals surface area contributed by atoms with Gasteiger partial charge in [-0.3, -0.25) is 0 Å². The van der Waals surface area contributed by atoms with Crippen LogP contribution in [0.25, 0.3) is 0 Å². The van der Waals surface area contributed by atoms with Crippen molar-refractivity contribution in [2.24, 2.45) is 0 Å². The second-order valence-corrected chi connectivity index (χ2v) is 5.82. The lowest BCUT2D eigenvalue weighted by Gasteiger charge is -2.27. The van der Waals surface area contributed by atoms with Crippen LogP contribution in [0, 0.1) is 5.82 Å². The maximum Gasteiger partial charge on any atom is 0.131 e. The van der Waals surface area contributed by atoms with Gasteiger partial charge in [0.05, 0.1) is 0 Å². The van der Waals surface area contributed by atoms with Gasteiger partial charge in [0.1, 0.15) is 17.7 Å². The molecule has 0 aromatic heterocycles. The average Bonchev–Trinajstić information content (AvgIpc) is 2.38. The van der Waals surface area contributed by atoms with Crippen molar-refractivity contribution >= 4 is 27.5 Å². The fourth-order valence-corrected chi connectivity index (χ4v) is 3.07. The van der Waals surface area contributed by atoms with E-state index in [1.165, 1.54) is 6.07 Å². The highest BCUT2D eigenvalue weighted by atomic mass is 79.9. The third kappa shape index (κ3) is 2.49. The first-order valence-electron chi connectivity index (χ1n) is 6.04. The van der Waals surface area contributed by atoms with Crippen LogP contribution < -0.4 is 4.74 Å². The summed E-state index contributed by atoms with van der Waals surface area (Å²) in [5.41, 5.74) is 1.71. The molecule has 1 unspecified atom stereocenters. The Labute approximate surface area is 124 Å². The Hall–Kier alpha value is -1.06. The van der Waals surface area contributed by atoms with E-state index in [9.17, 15) is 4.39 Å². The molecule has 19 heavy (non-hydrogen) atoms. The number of hydrogen-bond donors (Lipinski definition) is 0. The molecule has 0 aliphatic carbocycles. The maximum atomic E-state index is 13.9. The summed E-state index contributed by atoms with van der Waals surface area (Å²) >= 11 is 9.28. The van der Waals surface area contributed by atoms with E-state index in [1.807, 2.05) is 18.2 Å². The van der Waals surface area contributed by atoms with Crippen molar-refractivity contribution in [1.29, 1.82) is 0 Å². The van der Waals surface area contributed by atoms with Crippen LogP contribution in [0.5, 0.6) is 5.75 Å². The lowest BCUT2D eigenvalue weighted by atomic mass is 9.97. The highest BCUT2D eigenvalue weighted by Crippen LogP contribution is 2.39. The molecule has 4 heteroatoms. The molecule has 0 fully saturated rings. The van der Waals surface area contributed by atoms with Crippen LogP contribution in [0.2, 0.25) is 5.02 Å². The molecule has 3 rings (SSSR count). The van der Waals surface area contributed by atoms with E-state index in [1.54, 1.807) is 12.1 Å². The summed E-state index contributed by atoms with van der Waals surface area (Å²) in [5, 5.41) is 0.403. The molecule has 2 aromatic rings. The normalized spacial score (nSPS) is 17.7. The summed E-state index contributed by atoms with van der Waals surface area (Å²) in [6, 6.07) is 10.6. The molecule has 1 heterocycles. The summed E-state index contributed by atoms with van der Waals surface area (Å²) < 4.78 is 20.9. The predicted molar refractivity (Wildman–Crippen MR) is 77.2 cm³/mol. The van der Waals surface area contributed by atoms with Crippen LogP contribution in [0.3, 0.4) is 0 Å². The lowest BCUT2D eigenvalue weighted by Crippen LogP contribution is -2.16. The number of rotatable bonds is 1. The number of ether oxygens (including phenoxy) is 1. The molecule has 1 atom stereocenters. The molecule has 0 N–H and O–H groups in total. The zero-order chi connectivity index (χ0) is 13.4. The third-order valence-electron chi connectivity index (χ3n) is 3.31. The highest BCUT2D eigenvalue weighted by Gasteiger charge is 2.24. The largest absolute Gasteiger partial charge is 0.485 e. The first-order valence-corrected chi connectivity index (χ1v) is 7.21. The number of fused-ring (bicyclic) bond motifs is 1. The summed E-state index contributed by atoms with van der Waals surface area (Å²) in [7, 11) is 0. The topological polar surface area (TPSA) is 9.23 Å². The van der Waals surface area contributed by atoms with Gasteiger partial charge in [0, 0.05) is 20.6 Å². The molecule has 0 spiro atoms. The lowest BCUT2D eigenvalue weighted by molar-refractivity contribution is 0.172. The molecule has 2 aromatic carbocycles. The van der Waals surface area contributed by atoms with Crippen molar-refractivity contribution in [1.82, 2.24) is 0 Å². The summed E-state index contributed by atoms with van der Waals surface area (Å²) in [6.07, 6.45) is 1.37. The van der Waals surface area contributed by atoms with Gasteiger partial charge < -0.3 is 4.74 Å². The van der Waals surface area contributed by atoms with Crippen molar-refractivity contribution in [2.45, 2.75) is 18.9 Å². The van der Waals surface area contributed by atoms with E-state index < -0.39 is 0 Å². The van der Waals surface area contributed by atoms with Gasteiger partial charge in [-0.25, -0.2) is 4.39 Å². The molecule has 0 bridgehead atoms. The van der Waals surface area contributed by atoms with Gasteiger partial charge in [-0.05, 0) is 37.1 Å². The SMILES string of the molecule is Fc1cc(Cl)ccc1C1CCc2c(Br)cccc2O1. The zero-order valence-electron chi connectivity index (χ0n) is 10.00. The predicted octanol–water partition coefficient (Wildman–Crippen LogP) is 5.31. The molecule has 0 saturated carbocycles. The monoisotopic (exact) mass is 340 g/mol. The number of benzene rings is 2. The van der Waals surface area contributed by atoms with Crippen LogP contribution in [-0.4, -0.2) is 0 Å². The standard InChI is InChI=1S/C15H11BrClFO/c16-12-2-1-3-14-10(12)6-7-15(19-14)11-5-4-9(17)8-13(11)18/h1-5,8,15H,6-7H2. The smallest absolute Gasteiger partial charge is 0.131 e. The Morgan fingerprint density at radius 2 is 2.11 bits per heavy atom. The summed E-state index contributed by atoms with van der Waals surface area (Å²) in [4.78, 5) is 0. The summed E-state index contributed by atoms with van der Waals surface area (Å²) in [5.74, 6) is 0.510. The fourth-order valence-electron chi connectivity index (χ4n) is 2.36. The van der Waals surface area contributed by atoms with Crippen molar-refractivity contribution < 1.29 is 9.13 Å². The molecule has 98 valence electrons. The van der Waals surface area contributed by atoms with Crippen molar-refractivity contribution in [2.75, 3.05) is 0 Å². The first kappa shape index (κ1) is 12.9. The van der Waals surface area contributed by atoms with Crippen LogP contribution in [0.15, 0.2) is 40.9 Å². The molecular weight excluding hydrogens is 331 g/mol. The Kier molecular flexibility index (Phi) is 3.50. The minimum absolute atomic E-state index is 0.251. The van der Waals surface area contributed by atoms with Gasteiger partial charge in [0.25, 0.3) is 0 Å². The van der Waals surface area contributed by atoms with Crippen molar-refractivity contribution in [3.05, 3.63) is 62.8 Å². The highest BCUT2D eigenvalue weighted by molar-refractivity contribution is 9.10. The zero-order valence-corrected chi connectivity index (χ0v) is 12.3. The van der Waals surface area contributed by atoms with Gasteiger partial charge >= 0.3 is 0 Å². The van der Waals surface area contributed by atoms with E-state index in [0.29, 0.717) is 10.6 Å². The quantitative estimate of drug-likeness (QED) is 0.683. The van der Waals surface area contributed by atoms with Gasteiger partial charge in [-0.15, -0.1) is 0 Å². The number of hydrogen-bond acceptors (Lipinski definition) is 1. The van der Waals surface area contributed by atoms with E-state index in [2.05, 4.69) is 15.9 Å². The van der Waals surface area contributed by atoms with Crippen LogP contribution >= 0.6 is 27.5 Å². The molecule has 1 aliphatic rings. The molecule has 0 amide bonds. The average molecular weight is 342 g/mol. The summed E-state index contributed by atoms with van der Waals surface area (Å²) in [6.45, 7) is 0. The van der Waals surface area contributed by atoms with Gasteiger partial charge in [-0.1, -0.05) is 39.7 Å². The van der Waals surface area contributed by atoms with Crippen LogP contribution in [0.1, 0.15) is 23.7 Å². The molecule has 1 aliphatic heterocycles. The van der Waals surface area contributed by atoms with E-state index >= 15 is 0 Å². The molecule has 0 radical (unpaired) electrons. The minimum atomic E-state index is -0.309. The van der Waals surface area contributed by atoms with E-state index in [4.69, 9.17) is 16.3 Å². The molecular formula is C15H11BrClFO. The Morgan fingerprint density at radius 3 is 2.89 bits per heavy atom. The maximum absolute atomic E-state index is 13.9. The van der Waals surface area contributed by atoms with Crippen LogP contribution in [0.4, 0.5) is 4.39 Å². The molecule has 1 nitrogen and oxygen atoms in total. The minimum Gasteiger partial charge on any atom is -0.485 e. The molecule has 0 saturated heterocycles. The van der Waals surface area contributed by atoms with Gasteiger partial charge in [0.15, 0.2) is 0 Å². The van der Waals surface area contributed by atoms with Crippen LogP contribution in [-0.2, 0) is 6.42 Å². The fraction of sp³-hybridized carbons (Fsp3) is 0.200. The van der Waals surface area contributed by atoms with E-state index in [0.717, 1.165) is 28.6 Å².